The van der Waals surface area contributed by atoms with Crippen molar-refractivity contribution in [1.29, 1.82) is 0 Å². The molecule has 0 aliphatic heterocycles. The van der Waals surface area contributed by atoms with Crippen LogP contribution in [0.5, 0.6) is 5.75 Å². The van der Waals surface area contributed by atoms with E-state index in [1.165, 1.54) is 23.9 Å². The van der Waals surface area contributed by atoms with Gasteiger partial charge in [0.1, 0.15) is 11.6 Å². The normalized spacial score (nSPS) is 10.4. The van der Waals surface area contributed by atoms with Gasteiger partial charge in [-0.2, -0.15) is 0 Å². The second-order valence-corrected chi connectivity index (χ2v) is 4.62. The molecule has 0 aliphatic rings. The van der Waals surface area contributed by atoms with Crippen molar-refractivity contribution < 1.29 is 5.11 Å². The molecule has 0 aliphatic carbocycles. The molecule has 0 radical (unpaired) electrons. The smallest absolute Gasteiger partial charge is 0.253 e. The summed E-state index contributed by atoms with van der Waals surface area (Å²) in [6.07, 6.45) is 0. The number of aromatic amines is 1. The molecular formula is C11H12N4O2S. The SMILES string of the molecule is Nc1cc(=O)[nH]c(SCc2ccc(O)c(N)c2)n1. The first kappa shape index (κ1) is 12.3. The van der Waals surface area contributed by atoms with Crippen molar-refractivity contribution >= 4 is 23.3 Å². The molecule has 18 heavy (non-hydrogen) atoms. The molecule has 0 fully saturated rings. The number of phenolic OH excluding ortho intramolecular Hbond substituents is 1. The van der Waals surface area contributed by atoms with Crippen LogP contribution in [0.15, 0.2) is 34.2 Å². The van der Waals surface area contributed by atoms with Gasteiger partial charge in [0.25, 0.3) is 5.56 Å². The van der Waals surface area contributed by atoms with Crippen LogP contribution in [-0.2, 0) is 5.75 Å². The number of hydrogen-bond acceptors (Lipinski definition) is 6. The predicted octanol–water partition coefficient (Wildman–Crippen LogP) is 0.932. The van der Waals surface area contributed by atoms with Gasteiger partial charge in [-0.15, -0.1) is 0 Å². The highest BCUT2D eigenvalue weighted by Gasteiger charge is 2.03. The molecule has 0 saturated heterocycles. The standard InChI is InChI=1S/C11H12N4O2S/c12-7-3-6(1-2-8(7)16)5-18-11-14-9(13)4-10(17)15-11/h1-4,16H,5,12H2,(H3,13,14,15,17). The van der Waals surface area contributed by atoms with E-state index >= 15 is 0 Å². The van der Waals surface area contributed by atoms with Gasteiger partial charge in [-0.05, 0) is 17.7 Å². The second-order valence-electron chi connectivity index (χ2n) is 3.66. The first-order valence-electron chi connectivity index (χ1n) is 5.11. The van der Waals surface area contributed by atoms with E-state index in [2.05, 4.69) is 9.97 Å². The Morgan fingerprint density at radius 3 is 2.78 bits per heavy atom. The predicted molar refractivity (Wildman–Crippen MR) is 71.4 cm³/mol. The van der Waals surface area contributed by atoms with Gasteiger partial charge in [-0.25, -0.2) is 4.98 Å². The molecule has 2 rings (SSSR count). The summed E-state index contributed by atoms with van der Waals surface area (Å²) < 4.78 is 0. The summed E-state index contributed by atoms with van der Waals surface area (Å²) in [4.78, 5) is 17.8. The van der Waals surface area contributed by atoms with E-state index in [4.69, 9.17) is 11.5 Å². The first-order valence-corrected chi connectivity index (χ1v) is 6.10. The first-order chi connectivity index (χ1) is 8.54. The number of phenols is 1. The Kier molecular flexibility index (Phi) is 3.42. The van der Waals surface area contributed by atoms with Crippen LogP contribution in [-0.4, -0.2) is 15.1 Å². The maximum atomic E-state index is 11.2. The van der Waals surface area contributed by atoms with E-state index in [0.717, 1.165) is 5.56 Å². The summed E-state index contributed by atoms with van der Waals surface area (Å²) in [5.41, 5.74) is 12.0. The Bertz CT molecular complexity index is 627. The summed E-state index contributed by atoms with van der Waals surface area (Å²) in [6.45, 7) is 0. The van der Waals surface area contributed by atoms with Crippen LogP contribution >= 0.6 is 11.8 Å². The molecule has 7 heteroatoms. The highest BCUT2D eigenvalue weighted by molar-refractivity contribution is 7.98. The Balaban J connectivity index is 2.11. The van der Waals surface area contributed by atoms with Crippen LogP contribution in [0.4, 0.5) is 11.5 Å². The number of nitrogen functional groups attached to an aromatic ring is 2. The molecule has 0 atom stereocenters. The monoisotopic (exact) mass is 264 g/mol. The topological polar surface area (TPSA) is 118 Å². The van der Waals surface area contributed by atoms with Crippen LogP contribution in [0, 0.1) is 0 Å². The highest BCUT2D eigenvalue weighted by atomic mass is 32.2. The van der Waals surface area contributed by atoms with Gasteiger partial charge in [-0.1, -0.05) is 17.8 Å². The van der Waals surface area contributed by atoms with Crippen LogP contribution in [0.25, 0.3) is 0 Å². The maximum absolute atomic E-state index is 11.2. The zero-order valence-electron chi connectivity index (χ0n) is 9.38. The lowest BCUT2D eigenvalue weighted by molar-refractivity contribution is 0.478. The third kappa shape index (κ3) is 2.95. The zero-order chi connectivity index (χ0) is 13.1. The highest BCUT2D eigenvalue weighted by Crippen LogP contribution is 2.24. The fourth-order valence-corrected chi connectivity index (χ4v) is 2.19. The lowest BCUT2D eigenvalue weighted by Gasteiger charge is -2.04. The van der Waals surface area contributed by atoms with Crippen molar-refractivity contribution in [1.82, 2.24) is 9.97 Å². The average Bonchev–Trinajstić information content (AvgIpc) is 2.29. The van der Waals surface area contributed by atoms with E-state index in [9.17, 15) is 9.90 Å². The Hall–Kier alpha value is -2.15. The van der Waals surface area contributed by atoms with Gasteiger partial charge in [0.2, 0.25) is 0 Å². The molecular weight excluding hydrogens is 252 g/mol. The van der Waals surface area contributed by atoms with Crippen LogP contribution in [0.3, 0.4) is 0 Å². The van der Waals surface area contributed by atoms with Gasteiger partial charge in [-0.3, -0.25) is 4.79 Å². The molecule has 0 amide bonds. The van der Waals surface area contributed by atoms with Gasteiger partial charge in [0.15, 0.2) is 5.16 Å². The average molecular weight is 264 g/mol. The Morgan fingerprint density at radius 2 is 2.11 bits per heavy atom. The number of nitrogens with one attached hydrogen (secondary N) is 1. The fraction of sp³-hybridized carbons (Fsp3) is 0.0909. The molecule has 94 valence electrons. The fourth-order valence-electron chi connectivity index (χ4n) is 1.37. The van der Waals surface area contributed by atoms with E-state index in [-0.39, 0.29) is 17.1 Å². The van der Waals surface area contributed by atoms with E-state index in [1.807, 2.05) is 0 Å². The van der Waals surface area contributed by atoms with Crippen LogP contribution in [0.1, 0.15) is 5.56 Å². The van der Waals surface area contributed by atoms with Crippen molar-refractivity contribution in [3.05, 3.63) is 40.2 Å². The number of nitrogens with zero attached hydrogens (tertiary/aromatic N) is 1. The number of benzene rings is 1. The minimum Gasteiger partial charge on any atom is -0.506 e. The molecule has 0 unspecified atom stereocenters. The van der Waals surface area contributed by atoms with Crippen molar-refractivity contribution in [2.45, 2.75) is 10.9 Å². The van der Waals surface area contributed by atoms with E-state index in [1.54, 1.807) is 12.1 Å². The number of thioether (sulfide) groups is 1. The summed E-state index contributed by atoms with van der Waals surface area (Å²) in [5, 5.41) is 9.74. The number of rotatable bonds is 3. The minimum absolute atomic E-state index is 0.0548. The van der Waals surface area contributed by atoms with Gasteiger partial charge >= 0.3 is 0 Å². The summed E-state index contributed by atoms with van der Waals surface area (Å²) in [5.74, 6) is 0.808. The maximum Gasteiger partial charge on any atom is 0.253 e. The number of aromatic hydroxyl groups is 1. The number of nitrogens with two attached hydrogens (primary N) is 2. The number of hydrogen-bond donors (Lipinski definition) is 4. The molecule has 1 heterocycles. The number of anilines is 2. The molecule has 1 aromatic carbocycles. The zero-order valence-corrected chi connectivity index (χ0v) is 10.2. The molecule has 0 saturated carbocycles. The van der Waals surface area contributed by atoms with Crippen LogP contribution < -0.4 is 17.0 Å². The molecule has 1 aromatic heterocycles. The largest absolute Gasteiger partial charge is 0.506 e. The molecule has 0 spiro atoms. The van der Waals surface area contributed by atoms with Gasteiger partial charge in [0, 0.05) is 11.8 Å². The lowest BCUT2D eigenvalue weighted by Crippen LogP contribution is -2.09. The third-order valence-electron chi connectivity index (χ3n) is 2.21. The van der Waals surface area contributed by atoms with E-state index < -0.39 is 0 Å². The second kappa shape index (κ2) is 5.01. The van der Waals surface area contributed by atoms with Crippen LogP contribution in [0.2, 0.25) is 0 Å². The Morgan fingerprint density at radius 1 is 1.33 bits per heavy atom. The van der Waals surface area contributed by atoms with Crippen molar-refractivity contribution in [3.63, 3.8) is 0 Å². The Labute approximate surface area is 107 Å². The molecule has 6 nitrogen and oxygen atoms in total. The van der Waals surface area contributed by atoms with Gasteiger partial charge in [0.05, 0.1) is 5.69 Å². The summed E-state index contributed by atoms with van der Waals surface area (Å²) in [7, 11) is 0. The minimum atomic E-state index is -0.282. The number of H-pyrrole nitrogens is 1. The molecule has 2 aromatic rings. The quantitative estimate of drug-likeness (QED) is 0.283. The molecule has 0 bridgehead atoms. The van der Waals surface area contributed by atoms with Crippen molar-refractivity contribution in [2.24, 2.45) is 0 Å². The van der Waals surface area contributed by atoms with Gasteiger partial charge < -0.3 is 21.6 Å². The van der Waals surface area contributed by atoms with Crippen molar-refractivity contribution in [3.8, 4) is 5.75 Å². The lowest BCUT2D eigenvalue weighted by atomic mass is 10.2. The van der Waals surface area contributed by atoms with Crippen molar-refractivity contribution in [2.75, 3.05) is 11.5 Å². The molecule has 6 N–H and O–H groups in total. The van der Waals surface area contributed by atoms with E-state index in [0.29, 0.717) is 16.6 Å². The number of aromatic nitrogens is 2. The third-order valence-corrected chi connectivity index (χ3v) is 3.15. The summed E-state index contributed by atoms with van der Waals surface area (Å²) in [6, 6.07) is 6.18. The summed E-state index contributed by atoms with van der Waals surface area (Å²) >= 11 is 1.33.